The van der Waals surface area contributed by atoms with E-state index in [-0.39, 0.29) is 16.5 Å². The van der Waals surface area contributed by atoms with Crippen LogP contribution in [0.25, 0.3) is 0 Å². The summed E-state index contributed by atoms with van der Waals surface area (Å²) in [4.78, 5) is 28.3. The van der Waals surface area contributed by atoms with Crippen molar-refractivity contribution >= 4 is 34.8 Å². The average Bonchev–Trinajstić information content (AvgIpc) is 2.74. The van der Waals surface area contributed by atoms with E-state index >= 15 is 0 Å². The fourth-order valence-corrected chi connectivity index (χ4v) is 3.41. The molecule has 3 rings (SSSR count). The summed E-state index contributed by atoms with van der Waals surface area (Å²) in [6.07, 6.45) is 0.706. The van der Waals surface area contributed by atoms with Crippen LogP contribution >= 0.6 is 11.6 Å². The highest BCUT2D eigenvalue weighted by molar-refractivity contribution is 6.39. The highest BCUT2D eigenvalue weighted by atomic mass is 35.5. The maximum Gasteiger partial charge on any atom is 0.313 e. The van der Waals surface area contributed by atoms with Gasteiger partial charge in [-0.15, -0.1) is 0 Å². The minimum absolute atomic E-state index is 0.132. The maximum absolute atomic E-state index is 13.1. The van der Waals surface area contributed by atoms with Gasteiger partial charge in [-0.3, -0.25) is 14.5 Å². The fourth-order valence-electron chi connectivity index (χ4n) is 3.23. The van der Waals surface area contributed by atoms with Crippen molar-refractivity contribution in [1.82, 2.24) is 10.2 Å². The van der Waals surface area contributed by atoms with Gasteiger partial charge >= 0.3 is 11.8 Å². The van der Waals surface area contributed by atoms with E-state index in [9.17, 15) is 18.4 Å². The van der Waals surface area contributed by atoms with Crippen molar-refractivity contribution in [3.05, 3.63) is 59.1 Å². The number of rotatable bonds is 6. The molecule has 160 valence electrons. The van der Waals surface area contributed by atoms with E-state index in [0.29, 0.717) is 13.0 Å². The molecule has 0 aliphatic carbocycles. The Morgan fingerprint density at radius 3 is 2.33 bits per heavy atom. The molecule has 30 heavy (non-hydrogen) atoms. The van der Waals surface area contributed by atoms with Crippen LogP contribution < -0.4 is 15.5 Å². The molecule has 2 N–H and O–H groups in total. The first kappa shape index (κ1) is 22.0. The zero-order valence-electron chi connectivity index (χ0n) is 16.3. The number of nitrogens with zero attached hydrogens (tertiary/aromatic N) is 2. The van der Waals surface area contributed by atoms with Crippen molar-refractivity contribution in [3.63, 3.8) is 0 Å². The van der Waals surface area contributed by atoms with E-state index in [1.165, 1.54) is 24.3 Å². The minimum atomic E-state index is -0.828. The number of amides is 2. The van der Waals surface area contributed by atoms with Crippen LogP contribution in [0.2, 0.25) is 5.02 Å². The van der Waals surface area contributed by atoms with Gasteiger partial charge in [0.1, 0.15) is 11.6 Å². The molecule has 1 heterocycles. The van der Waals surface area contributed by atoms with Gasteiger partial charge in [0.15, 0.2) is 0 Å². The van der Waals surface area contributed by atoms with E-state index in [1.807, 2.05) is 0 Å². The second kappa shape index (κ2) is 10.4. The predicted molar refractivity (Wildman–Crippen MR) is 113 cm³/mol. The third-order valence-corrected chi connectivity index (χ3v) is 5.17. The molecule has 6 nitrogen and oxygen atoms in total. The summed E-state index contributed by atoms with van der Waals surface area (Å²) in [5, 5.41) is 4.83. The summed E-state index contributed by atoms with van der Waals surface area (Å²) in [6.45, 7) is 4.61. The van der Waals surface area contributed by atoms with Crippen molar-refractivity contribution < 1.29 is 18.4 Å². The van der Waals surface area contributed by atoms with Crippen LogP contribution in [0, 0.1) is 11.6 Å². The second-order valence-corrected chi connectivity index (χ2v) is 7.40. The summed E-state index contributed by atoms with van der Waals surface area (Å²) in [7, 11) is 0. The standard InChI is InChI=1S/C21H23ClF2N4O2/c22-18-14-16(4-7-19(18)24)26-21(30)20(29)25-8-1-9-27-10-12-28(13-11-27)17-5-2-15(23)3-6-17/h2-7,14H,1,8-13H2,(H,25,29)(H,26,30). The molecule has 2 aromatic carbocycles. The predicted octanol–water partition coefficient (Wildman–Crippen LogP) is 2.89. The number of halogens is 3. The molecule has 9 heteroatoms. The SMILES string of the molecule is O=C(NCCCN1CCN(c2ccc(F)cc2)CC1)C(=O)Nc1ccc(F)c(Cl)c1. The van der Waals surface area contributed by atoms with Gasteiger partial charge in [0.2, 0.25) is 0 Å². The first-order valence-corrected chi connectivity index (χ1v) is 10.1. The van der Waals surface area contributed by atoms with Crippen LogP contribution in [-0.2, 0) is 9.59 Å². The topological polar surface area (TPSA) is 64.7 Å². The zero-order chi connectivity index (χ0) is 21.5. The lowest BCUT2D eigenvalue weighted by molar-refractivity contribution is -0.136. The molecule has 2 aromatic rings. The van der Waals surface area contributed by atoms with Crippen LogP contribution in [0.1, 0.15) is 6.42 Å². The molecule has 1 aliphatic rings. The van der Waals surface area contributed by atoms with E-state index < -0.39 is 17.6 Å². The average molecular weight is 437 g/mol. The molecule has 0 aromatic heterocycles. The van der Waals surface area contributed by atoms with Gasteiger partial charge in [0.05, 0.1) is 5.02 Å². The Morgan fingerprint density at radius 1 is 0.967 bits per heavy atom. The van der Waals surface area contributed by atoms with Crippen LogP contribution in [0.5, 0.6) is 0 Å². The largest absolute Gasteiger partial charge is 0.369 e. The Hall–Kier alpha value is -2.71. The molecule has 0 spiro atoms. The molecule has 0 unspecified atom stereocenters. The molecule has 1 saturated heterocycles. The number of carbonyl (C=O) groups excluding carboxylic acids is 2. The van der Waals surface area contributed by atoms with Gasteiger partial charge in [-0.1, -0.05) is 11.6 Å². The Kier molecular flexibility index (Phi) is 7.59. The molecule has 1 aliphatic heterocycles. The van der Waals surface area contributed by atoms with E-state index in [4.69, 9.17) is 11.6 Å². The van der Waals surface area contributed by atoms with Crippen LogP contribution in [-0.4, -0.2) is 56.0 Å². The number of benzene rings is 2. The summed E-state index contributed by atoms with van der Waals surface area (Å²) < 4.78 is 26.2. The molecule has 2 amide bonds. The number of nitrogens with one attached hydrogen (secondary N) is 2. The fraction of sp³-hybridized carbons (Fsp3) is 0.333. The summed E-state index contributed by atoms with van der Waals surface area (Å²) >= 11 is 5.65. The summed E-state index contributed by atoms with van der Waals surface area (Å²) in [5.41, 5.74) is 1.26. The molecule has 1 fully saturated rings. The Bertz CT molecular complexity index is 887. The van der Waals surface area contributed by atoms with E-state index in [0.717, 1.165) is 44.5 Å². The van der Waals surface area contributed by atoms with Gasteiger partial charge in [-0.25, -0.2) is 8.78 Å². The molecule has 0 bridgehead atoms. The molecule has 0 atom stereocenters. The van der Waals surface area contributed by atoms with Crippen molar-refractivity contribution in [3.8, 4) is 0 Å². The summed E-state index contributed by atoms with van der Waals surface area (Å²) in [6, 6.07) is 10.2. The first-order chi connectivity index (χ1) is 14.4. The van der Waals surface area contributed by atoms with Crippen molar-refractivity contribution in [1.29, 1.82) is 0 Å². The highest BCUT2D eigenvalue weighted by Gasteiger charge is 2.18. The van der Waals surface area contributed by atoms with Gasteiger partial charge in [-0.05, 0) is 55.4 Å². The van der Waals surface area contributed by atoms with Gasteiger partial charge < -0.3 is 15.5 Å². The zero-order valence-corrected chi connectivity index (χ0v) is 17.1. The van der Waals surface area contributed by atoms with Crippen LogP contribution in [0.4, 0.5) is 20.2 Å². The normalized spacial score (nSPS) is 14.4. The van der Waals surface area contributed by atoms with Crippen molar-refractivity contribution in [2.45, 2.75) is 6.42 Å². The van der Waals surface area contributed by atoms with Crippen molar-refractivity contribution in [2.24, 2.45) is 0 Å². The number of anilines is 2. The van der Waals surface area contributed by atoms with E-state index in [2.05, 4.69) is 20.4 Å². The minimum Gasteiger partial charge on any atom is -0.369 e. The summed E-state index contributed by atoms with van der Waals surface area (Å²) in [5.74, 6) is -2.42. The van der Waals surface area contributed by atoms with Crippen molar-refractivity contribution in [2.75, 3.05) is 49.5 Å². The van der Waals surface area contributed by atoms with E-state index in [1.54, 1.807) is 12.1 Å². The molecule has 0 saturated carbocycles. The number of hydrogen-bond donors (Lipinski definition) is 2. The lowest BCUT2D eigenvalue weighted by Crippen LogP contribution is -2.47. The monoisotopic (exact) mass is 436 g/mol. The Morgan fingerprint density at radius 2 is 1.67 bits per heavy atom. The first-order valence-electron chi connectivity index (χ1n) is 9.69. The Balaban J connectivity index is 1.33. The Labute approximate surface area is 178 Å². The molecule has 0 radical (unpaired) electrons. The van der Waals surface area contributed by atoms with Gasteiger partial charge in [0, 0.05) is 44.1 Å². The lowest BCUT2D eigenvalue weighted by Gasteiger charge is -2.36. The second-order valence-electron chi connectivity index (χ2n) is 7.00. The molecular weight excluding hydrogens is 414 g/mol. The van der Waals surface area contributed by atoms with Crippen LogP contribution in [0.15, 0.2) is 42.5 Å². The molecular formula is C21H23ClF2N4O2. The van der Waals surface area contributed by atoms with Crippen LogP contribution in [0.3, 0.4) is 0 Å². The van der Waals surface area contributed by atoms with Gasteiger partial charge in [0.25, 0.3) is 0 Å². The maximum atomic E-state index is 13.1. The number of piperazine rings is 1. The quantitative estimate of drug-likeness (QED) is 0.540. The van der Waals surface area contributed by atoms with Gasteiger partial charge in [-0.2, -0.15) is 0 Å². The number of hydrogen-bond acceptors (Lipinski definition) is 4. The highest BCUT2D eigenvalue weighted by Crippen LogP contribution is 2.19. The third kappa shape index (κ3) is 6.14. The number of carbonyl (C=O) groups is 2. The smallest absolute Gasteiger partial charge is 0.313 e. The third-order valence-electron chi connectivity index (χ3n) is 4.88. The lowest BCUT2D eigenvalue weighted by atomic mass is 10.2.